The lowest BCUT2D eigenvalue weighted by Gasteiger charge is -2.23. The molecule has 0 saturated carbocycles. The van der Waals surface area contributed by atoms with Gasteiger partial charge in [-0.05, 0) is 6.42 Å². The molecule has 6 nitrogen and oxygen atoms in total. The largest absolute Gasteiger partial charge is 0.481 e. The minimum absolute atomic E-state index is 0.0270. The number of aliphatic carboxylic acids is 1. The summed E-state index contributed by atoms with van der Waals surface area (Å²) in [5.41, 5.74) is -0.845. The van der Waals surface area contributed by atoms with Crippen LogP contribution in [0.3, 0.4) is 0 Å². The fourth-order valence-corrected chi connectivity index (χ4v) is 0.852. The van der Waals surface area contributed by atoms with E-state index in [1.807, 2.05) is 0 Å². The minimum Gasteiger partial charge on any atom is -0.481 e. The van der Waals surface area contributed by atoms with E-state index in [1.165, 1.54) is 0 Å². The van der Waals surface area contributed by atoms with E-state index in [9.17, 15) is 9.59 Å². The number of aliphatic hydroxyl groups is 2. The summed E-state index contributed by atoms with van der Waals surface area (Å²) in [5, 5.41) is 26.2. The Bertz CT molecular complexity index is 233. The Balaban J connectivity index is 3.76. The van der Waals surface area contributed by atoms with Crippen molar-refractivity contribution in [3.8, 4) is 0 Å². The molecule has 16 heavy (non-hydrogen) atoms. The number of hydrogen-bond acceptors (Lipinski definition) is 5. The SMILES string of the molecule is CC(CO)(CO)COC(=O)CCCC(=O)O. The Kier molecular flexibility index (Phi) is 6.67. The van der Waals surface area contributed by atoms with Gasteiger partial charge < -0.3 is 20.1 Å². The summed E-state index contributed by atoms with van der Waals surface area (Å²) >= 11 is 0. The second kappa shape index (κ2) is 7.19. The van der Waals surface area contributed by atoms with E-state index in [2.05, 4.69) is 0 Å². The number of carbonyl (C=O) groups is 2. The van der Waals surface area contributed by atoms with Crippen LogP contribution in [-0.2, 0) is 14.3 Å². The molecule has 0 rings (SSSR count). The Morgan fingerprint density at radius 2 is 1.75 bits per heavy atom. The number of aliphatic hydroxyl groups excluding tert-OH is 2. The quantitative estimate of drug-likeness (QED) is 0.501. The summed E-state index contributed by atoms with van der Waals surface area (Å²) in [7, 11) is 0. The predicted molar refractivity (Wildman–Crippen MR) is 54.7 cm³/mol. The van der Waals surface area contributed by atoms with E-state index in [0.717, 1.165) is 0 Å². The fourth-order valence-electron chi connectivity index (χ4n) is 0.852. The highest BCUT2D eigenvalue weighted by atomic mass is 16.5. The van der Waals surface area contributed by atoms with E-state index in [4.69, 9.17) is 20.1 Å². The van der Waals surface area contributed by atoms with Crippen LogP contribution in [-0.4, -0.2) is 47.1 Å². The van der Waals surface area contributed by atoms with Gasteiger partial charge in [0.2, 0.25) is 0 Å². The fraction of sp³-hybridized carbons (Fsp3) is 0.800. The molecule has 0 heterocycles. The van der Waals surface area contributed by atoms with Gasteiger partial charge in [0, 0.05) is 18.3 Å². The van der Waals surface area contributed by atoms with Crippen LogP contribution in [0.4, 0.5) is 0 Å². The Labute approximate surface area is 93.8 Å². The van der Waals surface area contributed by atoms with Gasteiger partial charge in [-0.3, -0.25) is 9.59 Å². The number of hydrogen-bond donors (Lipinski definition) is 3. The first-order valence-corrected chi connectivity index (χ1v) is 5.02. The molecule has 0 unspecified atom stereocenters. The van der Waals surface area contributed by atoms with Crippen LogP contribution in [0, 0.1) is 5.41 Å². The predicted octanol–water partition coefficient (Wildman–Crippen LogP) is -0.225. The molecule has 0 bridgehead atoms. The molecule has 3 N–H and O–H groups in total. The first kappa shape index (κ1) is 14.9. The van der Waals surface area contributed by atoms with E-state index >= 15 is 0 Å². The highest BCUT2D eigenvalue weighted by molar-refractivity contribution is 5.71. The van der Waals surface area contributed by atoms with Gasteiger partial charge in [0.05, 0.1) is 13.2 Å². The Morgan fingerprint density at radius 1 is 1.19 bits per heavy atom. The molecule has 0 amide bonds. The van der Waals surface area contributed by atoms with Gasteiger partial charge in [0.1, 0.15) is 6.61 Å². The van der Waals surface area contributed by atoms with E-state index in [1.54, 1.807) is 6.92 Å². The van der Waals surface area contributed by atoms with Gasteiger partial charge >= 0.3 is 11.9 Å². The molecule has 6 heteroatoms. The first-order valence-electron chi connectivity index (χ1n) is 5.02. The first-order chi connectivity index (χ1) is 7.43. The van der Waals surface area contributed by atoms with Crippen molar-refractivity contribution in [3.05, 3.63) is 0 Å². The van der Waals surface area contributed by atoms with Crippen LogP contribution in [0.25, 0.3) is 0 Å². The summed E-state index contributed by atoms with van der Waals surface area (Å²) < 4.78 is 4.82. The average Bonchev–Trinajstić information content (AvgIpc) is 2.25. The summed E-state index contributed by atoms with van der Waals surface area (Å²) in [6, 6.07) is 0. The van der Waals surface area contributed by atoms with Crippen molar-refractivity contribution in [2.75, 3.05) is 19.8 Å². The van der Waals surface area contributed by atoms with Gasteiger partial charge in [-0.15, -0.1) is 0 Å². The maximum absolute atomic E-state index is 11.1. The van der Waals surface area contributed by atoms with Crippen LogP contribution >= 0.6 is 0 Å². The molecular formula is C10H18O6. The molecule has 94 valence electrons. The summed E-state index contributed by atoms with van der Waals surface area (Å²) in [6.07, 6.45) is 0.175. The van der Waals surface area contributed by atoms with Crippen molar-refractivity contribution in [1.29, 1.82) is 0 Å². The van der Waals surface area contributed by atoms with E-state index < -0.39 is 17.4 Å². The van der Waals surface area contributed by atoms with Crippen molar-refractivity contribution >= 4 is 11.9 Å². The maximum Gasteiger partial charge on any atom is 0.305 e. The standard InChI is InChI=1S/C10H18O6/c1-10(5-11,6-12)7-16-9(15)4-2-3-8(13)14/h11-12H,2-7H2,1H3,(H,13,14). The third-order valence-corrected chi connectivity index (χ3v) is 2.12. The number of carbonyl (C=O) groups excluding carboxylic acids is 1. The summed E-state index contributed by atoms with van der Waals surface area (Å²) in [5.74, 6) is -1.47. The van der Waals surface area contributed by atoms with Crippen molar-refractivity contribution in [2.24, 2.45) is 5.41 Å². The average molecular weight is 234 g/mol. The molecule has 0 aliphatic heterocycles. The van der Waals surface area contributed by atoms with Gasteiger partial charge in [0.25, 0.3) is 0 Å². The molecule has 0 aliphatic rings. The molecule has 0 atom stereocenters. The van der Waals surface area contributed by atoms with E-state index in [0.29, 0.717) is 0 Å². The Morgan fingerprint density at radius 3 is 2.19 bits per heavy atom. The zero-order valence-electron chi connectivity index (χ0n) is 9.31. The molecule has 0 aromatic heterocycles. The van der Waals surface area contributed by atoms with Crippen LogP contribution < -0.4 is 0 Å². The zero-order chi connectivity index (χ0) is 12.6. The molecule has 0 aromatic carbocycles. The van der Waals surface area contributed by atoms with Crippen LogP contribution in [0.15, 0.2) is 0 Å². The van der Waals surface area contributed by atoms with Gasteiger partial charge in [0.15, 0.2) is 0 Å². The number of ether oxygens (including phenoxy) is 1. The van der Waals surface area contributed by atoms with Crippen molar-refractivity contribution in [1.82, 2.24) is 0 Å². The Hall–Kier alpha value is -1.14. The van der Waals surface area contributed by atoms with Gasteiger partial charge in [-0.25, -0.2) is 0 Å². The third-order valence-electron chi connectivity index (χ3n) is 2.12. The highest BCUT2D eigenvalue weighted by Crippen LogP contribution is 2.14. The number of carboxylic acids is 1. The molecular weight excluding hydrogens is 216 g/mol. The second-order valence-corrected chi connectivity index (χ2v) is 4.03. The topological polar surface area (TPSA) is 104 Å². The zero-order valence-corrected chi connectivity index (χ0v) is 9.31. The normalized spacial score (nSPS) is 11.2. The molecule has 0 aromatic rings. The molecule has 0 aliphatic carbocycles. The molecule has 0 radical (unpaired) electrons. The van der Waals surface area contributed by atoms with Crippen LogP contribution in [0.1, 0.15) is 26.2 Å². The van der Waals surface area contributed by atoms with Gasteiger partial charge in [-0.2, -0.15) is 0 Å². The van der Waals surface area contributed by atoms with Crippen molar-refractivity contribution < 1.29 is 29.6 Å². The lowest BCUT2D eigenvalue weighted by atomic mass is 9.94. The monoisotopic (exact) mass is 234 g/mol. The van der Waals surface area contributed by atoms with Crippen molar-refractivity contribution in [2.45, 2.75) is 26.2 Å². The molecule has 0 fully saturated rings. The van der Waals surface area contributed by atoms with Crippen molar-refractivity contribution in [3.63, 3.8) is 0 Å². The smallest absolute Gasteiger partial charge is 0.305 e. The number of carboxylic acid groups (broad SMARTS) is 1. The minimum atomic E-state index is -0.955. The molecule has 0 saturated heterocycles. The highest BCUT2D eigenvalue weighted by Gasteiger charge is 2.24. The summed E-state index contributed by atoms with van der Waals surface area (Å²) in [6.45, 7) is 0.932. The summed E-state index contributed by atoms with van der Waals surface area (Å²) in [4.78, 5) is 21.3. The van der Waals surface area contributed by atoms with Gasteiger partial charge in [-0.1, -0.05) is 6.92 Å². The maximum atomic E-state index is 11.1. The van der Waals surface area contributed by atoms with E-state index in [-0.39, 0.29) is 39.1 Å². The number of esters is 1. The lowest BCUT2D eigenvalue weighted by molar-refractivity contribution is -0.149. The third kappa shape index (κ3) is 6.36. The number of rotatable bonds is 8. The van der Waals surface area contributed by atoms with Crippen LogP contribution in [0.5, 0.6) is 0 Å². The second-order valence-electron chi connectivity index (χ2n) is 4.03. The van der Waals surface area contributed by atoms with Crippen LogP contribution in [0.2, 0.25) is 0 Å². The molecule has 0 spiro atoms. The lowest BCUT2D eigenvalue weighted by Crippen LogP contribution is -2.32.